The van der Waals surface area contributed by atoms with Crippen LogP contribution in [0.5, 0.6) is 0 Å². The van der Waals surface area contributed by atoms with Crippen LogP contribution in [-0.4, -0.2) is 11.4 Å². The Labute approximate surface area is 55.0 Å². The van der Waals surface area contributed by atoms with Crippen molar-refractivity contribution in [2.75, 3.05) is 0 Å². The van der Waals surface area contributed by atoms with Gasteiger partial charge in [0.1, 0.15) is 0 Å². The van der Waals surface area contributed by atoms with Crippen LogP contribution < -0.4 is 16.4 Å². The van der Waals surface area contributed by atoms with Crippen LogP contribution in [0.4, 0.5) is 9.59 Å². The van der Waals surface area contributed by atoms with Crippen molar-refractivity contribution in [2.24, 2.45) is 11.6 Å². The fraction of sp³-hybridized carbons (Fsp3) is 0. The van der Waals surface area contributed by atoms with Crippen LogP contribution in [0, 0.1) is 0 Å². The number of ether oxygens (including phenoxy) is 1. The van der Waals surface area contributed by atoms with Gasteiger partial charge in [-0.3, -0.25) is 5.84 Å². The molecule has 0 radical (unpaired) electrons. The van der Waals surface area contributed by atoms with Gasteiger partial charge in [0.2, 0.25) is 0 Å². The molecule has 9 heavy (non-hydrogen) atoms. The molecule has 7 heteroatoms. The smallest absolute Gasteiger partial charge is 0.367 e. The van der Waals surface area contributed by atoms with Crippen molar-refractivity contribution in [2.45, 2.75) is 0 Å². The summed E-state index contributed by atoms with van der Waals surface area (Å²) in [5.74, 6) is 4.67. The van der Waals surface area contributed by atoms with E-state index in [4.69, 9.17) is 0 Å². The first-order valence-electron chi connectivity index (χ1n) is 1.80. The lowest BCUT2D eigenvalue weighted by atomic mass is 11.2. The van der Waals surface area contributed by atoms with E-state index in [9.17, 15) is 9.59 Å². The van der Waals surface area contributed by atoms with E-state index in [-0.39, 0.29) is 0 Å². The number of nitrogens with two attached hydrogens (primary N) is 2. The molecule has 52 valence electrons. The predicted molar refractivity (Wildman–Crippen MR) is 31.0 cm³/mol. The maximum atomic E-state index is 10.2. The fourth-order valence-electron chi connectivity index (χ4n) is 0.151. The van der Waals surface area contributed by atoms with Crippen LogP contribution in [0.25, 0.3) is 0 Å². The fourth-order valence-corrected chi connectivity index (χ4v) is 0.371. The first kappa shape index (κ1) is 8.21. The molecule has 0 aliphatic carbocycles. The lowest BCUT2D eigenvalue weighted by Crippen LogP contribution is -2.20. The molecule has 0 fully saturated rings. The standard InChI is InChI=1S/C2H5N3O3S/c3-1(6)8-2(7)9-5-4/h5H,4H2,(H2,3,6). The summed E-state index contributed by atoms with van der Waals surface area (Å²) >= 11 is 0.425. The van der Waals surface area contributed by atoms with Crippen LogP contribution in [0.15, 0.2) is 0 Å². The van der Waals surface area contributed by atoms with E-state index in [0.717, 1.165) is 0 Å². The van der Waals surface area contributed by atoms with E-state index >= 15 is 0 Å². The van der Waals surface area contributed by atoms with Gasteiger partial charge < -0.3 is 10.5 Å². The average molecular weight is 151 g/mol. The van der Waals surface area contributed by atoms with E-state index in [1.54, 1.807) is 0 Å². The highest BCUT2D eigenvalue weighted by Gasteiger charge is 2.04. The third-order valence-electron chi connectivity index (χ3n) is 0.326. The lowest BCUT2D eigenvalue weighted by molar-refractivity contribution is 0.175. The average Bonchev–Trinajstić information content (AvgIpc) is 1.63. The van der Waals surface area contributed by atoms with Gasteiger partial charge in [0.15, 0.2) is 0 Å². The van der Waals surface area contributed by atoms with E-state index in [1.165, 1.54) is 0 Å². The van der Waals surface area contributed by atoms with E-state index in [2.05, 4.69) is 16.3 Å². The summed E-state index contributed by atoms with van der Waals surface area (Å²) in [5.41, 5.74) is 4.46. The number of nitrogens with one attached hydrogen (secondary N) is 1. The molecule has 0 saturated carbocycles. The van der Waals surface area contributed by atoms with Crippen LogP contribution in [0.1, 0.15) is 0 Å². The summed E-state index contributed by atoms with van der Waals surface area (Å²) < 4.78 is 3.81. The first-order valence-corrected chi connectivity index (χ1v) is 2.62. The van der Waals surface area contributed by atoms with Crippen molar-refractivity contribution in [3.05, 3.63) is 0 Å². The molecule has 0 aromatic carbocycles. The van der Waals surface area contributed by atoms with E-state index in [1.807, 2.05) is 4.83 Å². The van der Waals surface area contributed by atoms with E-state index in [0.29, 0.717) is 11.9 Å². The van der Waals surface area contributed by atoms with Crippen LogP contribution in [-0.2, 0) is 4.74 Å². The zero-order valence-electron chi connectivity index (χ0n) is 4.29. The first-order chi connectivity index (χ1) is 4.16. The number of hydrogen-bond donors (Lipinski definition) is 3. The molecular formula is C2H5N3O3S. The Bertz CT molecular complexity index is 126. The highest BCUT2D eigenvalue weighted by molar-refractivity contribution is 8.11. The molecule has 0 spiro atoms. The van der Waals surface area contributed by atoms with Gasteiger partial charge in [0.25, 0.3) is 0 Å². The van der Waals surface area contributed by atoms with Gasteiger partial charge in [-0.15, -0.1) is 0 Å². The third kappa shape index (κ3) is 5.07. The highest BCUT2D eigenvalue weighted by Crippen LogP contribution is 1.95. The molecule has 1 amide bonds. The largest absolute Gasteiger partial charge is 0.412 e. The minimum Gasteiger partial charge on any atom is -0.367 e. The molecule has 0 aliphatic heterocycles. The van der Waals surface area contributed by atoms with Gasteiger partial charge in [-0.1, -0.05) is 0 Å². The van der Waals surface area contributed by atoms with Crippen LogP contribution >= 0.6 is 11.9 Å². The highest BCUT2D eigenvalue weighted by atomic mass is 32.2. The number of carbonyl (C=O) groups excluding carboxylic acids is 2. The number of primary amides is 1. The Kier molecular flexibility index (Phi) is 3.76. The molecule has 0 rings (SSSR count). The van der Waals surface area contributed by atoms with Crippen LogP contribution in [0.3, 0.4) is 0 Å². The second-order valence-electron chi connectivity index (χ2n) is 0.891. The Morgan fingerprint density at radius 1 is 1.56 bits per heavy atom. The van der Waals surface area contributed by atoms with Gasteiger partial charge in [0, 0.05) is 0 Å². The molecule has 0 saturated heterocycles. The number of rotatable bonds is 1. The maximum Gasteiger partial charge on any atom is 0.412 e. The predicted octanol–water partition coefficient (Wildman–Crippen LogP) is -0.687. The topological polar surface area (TPSA) is 107 Å². The van der Waals surface area contributed by atoms with Gasteiger partial charge in [-0.2, -0.15) is 4.83 Å². The third-order valence-corrected chi connectivity index (χ3v) is 0.694. The second kappa shape index (κ2) is 4.13. The lowest BCUT2D eigenvalue weighted by Gasteiger charge is -1.94. The Morgan fingerprint density at radius 2 is 2.11 bits per heavy atom. The molecule has 0 aromatic heterocycles. The quantitative estimate of drug-likeness (QED) is 0.150. The van der Waals surface area contributed by atoms with Crippen molar-refractivity contribution < 1.29 is 14.3 Å². The molecule has 0 bridgehead atoms. The SMILES string of the molecule is NNSC(=O)OC(N)=O. The molecule has 0 aromatic rings. The number of amides is 1. The summed E-state index contributed by atoms with van der Waals surface area (Å²) in [4.78, 5) is 21.8. The molecule has 0 unspecified atom stereocenters. The van der Waals surface area contributed by atoms with Crippen molar-refractivity contribution in [1.82, 2.24) is 4.83 Å². The van der Waals surface area contributed by atoms with Crippen molar-refractivity contribution in [3.8, 4) is 0 Å². The summed E-state index contributed by atoms with van der Waals surface area (Å²) in [7, 11) is 0. The normalized spacial score (nSPS) is 8.56. The van der Waals surface area contributed by atoms with Gasteiger partial charge in [-0.25, -0.2) is 9.59 Å². The van der Waals surface area contributed by atoms with Crippen molar-refractivity contribution in [1.29, 1.82) is 0 Å². The zero-order valence-corrected chi connectivity index (χ0v) is 5.10. The molecule has 5 N–H and O–H groups in total. The Balaban J connectivity index is 3.39. The molecule has 0 heterocycles. The Hall–Kier alpha value is -0.790. The van der Waals surface area contributed by atoms with Gasteiger partial charge in [0.05, 0.1) is 11.9 Å². The minimum absolute atomic E-state index is 0.425. The zero-order chi connectivity index (χ0) is 7.28. The summed E-state index contributed by atoms with van der Waals surface area (Å²) in [5, 5.41) is -0.884. The summed E-state index contributed by atoms with van der Waals surface area (Å²) in [6.07, 6.45) is -1.15. The number of hydrazine groups is 1. The Morgan fingerprint density at radius 3 is 2.44 bits per heavy atom. The molecule has 6 nitrogen and oxygen atoms in total. The van der Waals surface area contributed by atoms with Crippen LogP contribution in [0.2, 0.25) is 0 Å². The molecule has 0 aliphatic rings. The molecule has 0 atom stereocenters. The van der Waals surface area contributed by atoms with Crippen molar-refractivity contribution >= 4 is 23.3 Å². The van der Waals surface area contributed by atoms with E-state index < -0.39 is 11.4 Å². The number of carbonyl (C=O) groups is 2. The minimum atomic E-state index is -1.15. The summed E-state index contributed by atoms with van der Waals surface area (Å²) in [6.45, 7) is 0. The van der Waals surface area contributed by atoms with Gasteiger partial charge >= 0.3 is 11.4 Å². The monoisotopic (exact) mass is 151 g/mol. The second-order valence-corrected chi connectivity index (χ2v) is 1.66. The summed E-state index contributed by atoms with van der Waals surface area (Å²) in [6, 6.07) is 0. The maximum absolute atomic E-state index is 10.2. The molecular weight excluding hydrogens is 146 g/mol. The number of hydrogen-bond acceptors (Lipinski definition) is 6. The van der Waals surface area contributed by atoms with Crippen molar-refractivity contribution in [3.63, 3.8) is 0 Å². The van der Waals surface area contributed by atoms with Gasteiger partial charge in [-0.05, 0) is 0 Å².